The zero-order valence-electron chi connectivity index (χ0n) is 9.51. The smallest absolute Gasteiger partial charge is 0.216 e. The van der Waals surface area contributed by atoms with Gasteiger partial charge in [-0.1, -0.05) is 30.3 Å². The van der Waals surface area contributed by atoms with E-state index in [9.17, 15) is 8.42 Å². The van der Waals surface area contributed by atoms with E-state index >= 15 is 0 Å². The van der Waals surface area contributed by atoms with Crippen LogP contribution in [0.4, 0.5) is 0 Å². The van der Waals surface area contributed by atoms with Crippen LogP contribution in [0.3, 0.4) is 0 Å². The standard InChI is InChI=1S/C11H17NO3S/c1-10(8-15-2)12-16(13,14)9-11-6-4-3-5-7-11/h3-7,10,12H,8-9H2,1-2H3. The Labute approximate surface area is 96.7 Å². The molecule has 1 N–H and O–H groups in total. The van der Waals surface area contributed by atoms with Gasteiger partial charge in [0.25, 0.3) is 0 Å². The molecule has 90 valence electrons. The summed E-state index contributed by atoms with van der Waals surface area (Å²) in [7, 11) is -1.74. The average molecular weight is 243 g/mol. The summed E-state index contributed by atoms with van der Waals surface area (Å²) >= 11 is 0. The minimum absolute atomic E-state index is 0.00188. The molecule has 0 saturated carbocycles. The van der Waals surface area contributed by atoms with Gasteiger partial charge in [0, 0.05) is 13.2 Å². The van der Waals surface area contributed by atoms with Crippen molar-refractivity contribution in [2.75, 3.05) is 13.7 Å². The maximum atomic E-state index is 11.7. The second-order valence-corrected chi connectivity index (χ2v) is 5.47. The molecular formula is C11H17NO3S. The number of ether oxygens (including phenoxy) is 1. The van der Waals surface area contributed by atoms with Crippen LogP contribution in [0.1, 0.15) is 12.5 Å². The molecule has 0 radical (unpaired) electrons. The van der Waals surface area contributed by atoms with Crippen LogP contribution in [0.25, 0.3) is 0 Å². The maximum Gasteiger partial charge on any atom is 0.216 e. The molecule has 0 spiro atoms. The molecule has 0 bridgehead atoms. The van der Waals surface area contributed by atoms with E-state index in [4.69, 9.17) is 4.74 Å². The van der Waals surface area contributed by atoms with Gasteiger partial charge in [-0.2, -0.15) is 0 Å². The highest BCUT2D eigenvalue weighted by atomic mass is 32.2. The van der Waals surface area contributed by atoms with Crippen LogP contribution in [0, 0.1) is 0 Å². The van der Waals surface area contributed by atoms with Crippen molar-refractivity contribution >= 4 is 10.0 Å². The summed E-state index contributed by atoms with van der Waals surface area (Å²) in [6, 6.07) is 8.88. The number of nitrogens with one attached hydrogen (secondary N) is 1. The van der Waals surface area contributed by atoms with Crippen LogP contribution < -0.4 is 4.72 Å². The number of rotatable bonds is 6. The van der Waals surface area contributed by atoms with Gasteiger partial charge < -0.3 is 4.74 Å². The van der Waals surface area contributed by atoms with Gasteiger partial charge in [0.05, 0.1) is 12.4 Å². The average Bonchev–Trinajstić information content (AvgIpc) is 2.17. The van der Waals surface area contributed by atoms with E-state index in [2.05, 4.69) is 4.72 Å². The topological polar surface area (TPSA) is 55.4 Å². The van der Waals surface area contributed by atoms with Crippen molar-refractivity contribution < 1.29 is 13.2 Å². The van der Waals surface area contributed by atoms with Crippen molar-refractivity contribution in [2.24, 2.45) is 0 Å². The Bertz CT molecular complexity index is 402. The SMILES string of the molecule is COCC(C)NS(=O)(=O)Cc1ccccc1. The van der Waals surface area contributed by atoms with Crippen molar-refractivity contribution in [2.45, 2.75) is 18.7 Å². The molecule has 0 heterocycles. The molecule has 1 atom stereocenters. The first kappa shape index (κ1) is 13.2. The maximum absolute atomic E-state index is 11.7. The van der Waals surface area contributed by atoms with E-state index < -0.39 is 10.0 Å². The van der Waals surface area contributed by atoms with Crippen molar-refractivity contribution in [3.8, 4) is 0 Å². The Morgan fingerprint density at radius 3 is 2.50 bits per heavy atom. The summed E-state index contributed by atoms with van der Waals surface area (Å²) in [6.45, 7) is 2.14. The third kappa shape index (κ3) is 4.74. The van der Waals surface area contributed by atoms with Crippen molar-refractivity contribution in [1.82, 2.24) is 4.72 Å². The lowest BCUT2D eigenvalue weighted by Crippen LogP contribution is -2.36. The molecule has 16 heavy (non-hydrogen) atoms. The molecule has 0 aromatic heterocycles. The summed E-state index contributed by atoms with van der Waals surface area (Å²) in [6.07, 6.45) is 0. The van der Waals surface area contributed by atoms with Crippen LogP contribution in [0.5, 0.6) is 0 Å². The van der Waals surface area contributed by atoms with E-state index in [1.165, 1.54) is 0 Å². The van der Waals surface area contributed by atoms with Gasteiger partial charge >= 0.3 is 0 Å². The quantitative estimate of drug-likeness (QED) is 0.815. The third-order valence-corrected chi connectivity index (χ3v) is 3.47. The van der Waals surface area contributed by atoms with Crippen molar-refractivity contribution in [3.63, 3.8) is 0 Å². The van der Waals surface area contributed by atoms with Gasteiger partial charge in [-0.25, -0.2) is 13.1 Å². The zero-order chi connectivity index (χ0) is 12.0. The summed E-state index contributed by atoms with van der Waals surface area (Å²) in [4.78, 5) is 0. The summed E-state index contributed by atoms with van der Waals surface area (Å²) < 4.78 is 30.9. The van der Waals surface area contributed by atoms with E-state index in [1.807, 2.05) is 18.2 Å². The molecule has 0 aliphatic heterocycles. The van der Waals surface area contributed by atoms with Gasteiger partial charge in [-0.3, -0.25) is 0 Å². The number of hydrogen-bond acceptors (Lipinski definition) is 3. The first-order chi connectivity index (χ1) is 7.53. The van der Waals surface area contributed by atoms with Crippen LogP contribution in [-0.2, 0) is 20.5 Å². The lowest BCUT2D eigenvalue weighted by Gasteiger charge is -2.13. The van der Waals surface area contributed by atoms with E-state index in [-0.39, 0.29) is 11.8 Å². The van der Waals surface area contributed by atoms with Crippen LogP contribution in [-0.4, -0.2) is 28.2 Å². The molecular weight excluding hydrogens is 226 g/mol. The minimum atomic E-state index is -3.29. The molecule has 0 aliphatic carbocycles. The highest BCUT2D eigenvalue weighted by Gasteiger charge is 2.14. The number of benzene rings is 1. The molecule has 1 aromatic rings. The van der Waals surface area contributed by atoms with Gasteiger partial charge in [0.2, 0.25) is 10.0 Å². The monoisotopic (exact) mass is 243 g/mol. The fourth-order valence-electron chi connectivity index (χ4n) is 1.43. The fraction of sp³-hybridized carbons (Fsp3) is 0.455. The van der Waals surface area contributed by atoms with Gasteiger partial charge in [-0.05, 0) is 12.5 Å². The summed E-state index contributed by atoms with van der Waals surface area (Å²) in [5.74, 6) is 0.00188. The molecule has 0 fully saturated rings. The number of sulfonamides is 1. The summed E-state index contributed by atoms with van der Waals surface area (Å²) in [5.41, 5.74) is 0.777. The Morgan fingerprint density at radius 1 is 1.31 bits per heavy atom. The third-order valence-electron chi connectivity index (χ3n) is 2.00. The van der Waals surface area contributed by atoms with Gasteiger partial charge in [0.1, 0.15) is 0 Å². The first-order valence-electron chi connectivity index (χ1n) is 5.06. The number of methoxy groups -OCH3 is 1. The first-order valence-corrected chi connectivity index (χ1v) is 6.71. The number of hydrogen-bond donors (Lipinski definition) is 1. The van der Waals surface area contributed by atoms with E-state index in [1.54, 1.807) is 26.2 Å². The minimum Gasteiger partial charge on any atom is -0.383 e. The van der Waals surface area contributed by atoms with E-state index in [0.29, 0.717) is 6.61 Å². The molecule has 0 saturated heterocycles. The zero-order valence-corrected chi connectivity index (χ0v) is 10.3. The Hall–Kier alpha value is -0.910. The molecule has 0 aliphatic rings. The van der Waals surface area contributed by atoms with Crippen LogP contribution >= 0.6 is 0 Å². The molecule has 1 unspecified atom stereocenters. The molecule has 1 aromatic carbocycles. The highest BCUT2D eigenvalue weighted by Crippen LogP contribution is 2.04. The van der Waals surface area contributed by atoms with Crippen molar-refractivity contribution in [3.05, 3.63) is 35.9 Å². The van der Waals surface area contributed by atoms with Crippen LogP contribution in [0.2, 0.25) is 0 Å². The van der Waals surface area contributed by atoms with Crippen LogP contribution in [0.15, 0.2) is 30.3 Å². The lowest BCUT2D eigenvalue weighted by molar-refractivity contribution is 0.180. The Balaban J connectivity index is 2.59. The molecule has 0 amide bonds. The Kier molecular flexibility index (Phi) is 4.92. The summed E-state index contributed by atoms with van der Waals surface area (Å²) in [5, 5.41) is 0. The molecule has 5 heteroatoms. The highest BCUT2D eigenvalue weighted by molar-refractivity contribution is 7.88. The lowest BCUT2D eigenvalue weighted by atomic mass is 10.2. The molecule has 4 nitrogen and oxygen atoms in total. The van der Waals surface area contributed by atoms with Gasteiger partial charge in [-0.15, -0.1) is 0 Å². The predicted octanol–water partition coefficient (Wildman–Crippen LogP) is 1.14. The van der Waals surface area contributed by atoms with Gasteiger partial charge in [0.15, 0.2) is 0 Å². The second kappa shape index (κ2) is 5.98. The van der Waals surface area contributed by atoms with E-state index in [0.717, 1.165) is 5.56 Å². The van der Waals surface area contributed by atoms with Crippen molar-refractivity contribution in [1.29, 1.82) is 0 Å². The molecule has 1 rings (SSSR count). The largest absolute Gasteiger partial charge is 0.383 e. The predicted molar refractivity (Wildman–Crippen MR) is 63.5 cm³/mol. The fourth-order valence-corrected chi connectivity index (χ4v) is 2.82. The second-order valence-electron chi connectivity index (χ2n) is 3.72. The Morgan fingerprint density at radius 2 is 1.94 bits per heavy atom. The normalized spacial score (nSPS) is 13.6.